The maximum Gasteiger partial charge on any atom is 0.197 e. The normalized spacial score (nSPS) is 36.9. The molecule has 9 heteroatoms. The second-order valence-corrected chi connectivity index (χ2v) is 4.87. The SMILES string of the molecule is NCCOCCOCC[C@@]1(O)O[C@H](CO)[C@@H](O)[C@H](O)[C@H]1O. The molecule has 1 fully saturated rings. The van der Waals surface area contributed by atoms with E-state index in [9.17, 15) is 20.4 Å². The van der Waals surface area contributed by atoms with Crippen LogP contribution in [0.2, 0.25) is 0 Å². The van der Waals surface area contributed by atoms with Gasteiger partial charge in [0.1, 0.15) is 24.4 Å². The van der Waals surface area contributed by atoms with Crippen LogP contribution in [0.15, 0.2) is 0 Å². The predicted molar refractivity (Wildman–Crippen MR) is 70.2 cm³/mol. The van der Waals surface area contributed by atoms with Crippen molar-refractivity contribution in [3.05, 3.63) is 0 Å². The molecule has 1 aliphatic heterocycles. The van der Waals surface area contributed by atoms with Gasteiger partial charge in [-0.05, 0) is 0 Å². The molecule has 1 heterocycles. The Hall–Kier alpha value is -0.360. The molecule has 0 unspecified atom stereocenters. The van der Waals surface area contributed by atoms with Gasteiger partial charge in [-0.3, -0.25) is 0 Å². The zero-order chi connectivity index (χ0) is 15.9. The van der Waals surface area contributed by atoms with Crippen LogP contribution in [0, 0.1) is 0 Å². The Kier molecular flexibility index (Phi) is 7.95. The lowest BCUT2D eigenvalue weighted by molar-refractivity contribution is -0.353. The van der Waals surface area contributed by atoms with E-state index in [1.165, 1.54) is 0 Å². The molecular weight excluding hydrogens is 286 g/mol. The molecule has 0 saturated carbocycles. The summed E-state index contributed by atoms with van der Waals surface area (Å²) >= 11 is 0. The fraction of sp³-hybridized carbons (Fsp3) is 1.00. The summed E-state index contributed by atoms with van der Waals surface area (Å²) in [6, 6.07) is 0. The van der Waals surface area contributed by atoms with Crippen molar-refractivity contribution >= 4 is 0 Å². The molecule has 1 aliphatic rings. The Balaban J connectivity index is 2.37. The Bertz CT molecular complexity index is 292. The van der Waals surface area contributed by atoms with Gasteiger partial charge in [0, 0.05) is 13.0 Å². The minimum absolute atomic E-state index is 0.0422. The third-order valence-electron chi connectivity index (χ3n) is 3.29. The maximum atomic E-state index is 10.2. The molecule has 1 saturated heterocycles. The molecule has 0 spiro atoms. The van der Waals surface area contributed by atoms with Crippen LogP contribution in [-0.4, -0.2) is 95.3 Å². The van der Waals surface area contributed by atoms with Crippen LogP contribution in [0.5, 0.6) is 0 Å². The van der Waals surface area contributed by atoms with Crippen LogP contribution in [0.1, 0.15) is 6.42 Å². The summed E-state index contributed by atoms with van der Waals surface area (Å²) in [6.45, 7) is 0.919. The number of aliphatic hydroxyl groups is 5. The van der Waals surface area contributed by atoms with Gasteiger partial charge in [0.2, 0.25) is 0 Å². The van der Waals surface area contributed by atoms with Crippen LogP contribution in [0.4, 0.5) is 0 Å². The molecule has 7 N–H and O–H groups in total. The van der Waals surface area contributed by atoms with Gasteiger partial charge in [-0.25, -0.2) is 0 Å². The third-order valence-corrected chi connectivity index (χ3v) is 3.29. The Morgan fingerprint density at radius 3 is 2.19 bits per heavy atom. The standard InChI is InChI=1S/C12H25NO8/c13-2-4-20-6-5-19-3-1-12(18)11(17)10(16)9(15)8(7-14)21-12/h8-11,14-18H,1-7,13H2/t8-,9-,10+,11-,12-/m1/s1. The molecule has 5 atom stereocenters. The lowest BCUT2D eigenvalue weighted by atomic mass is 9.91. The summed E-state index contributed by atoms with van der Waals surface area (Å²) < 4.78 is 15.4. The van der Waals surface area contributed by atoms with Gasteiger partial charge in [-0.15, -0.1) is 0 Å². The van der Waals surface area contributed by atoms with Crippen molar-refractivity contribution in [2.24, 2.45) is 5.73 Å². The quantitative estimate of drug-likeness (QED) is 0.238. The highest BCUT2D eigenvalue weighted by molar-refractivity contribution is 4.95. The van der Waals surface area contributed by atoms with Crippen LogP contribution >= 0.6 is 0 Å². The number of ether oxygens (including phenoxy) is 3. The van der Waals surface area contributed by atoms with Crippen LogP contribution in [0.3, 0.4) is 0 Å². The second kappa shape index (κ2) is 8.93. The first kappa shape index (κ1) is 18.7. The fourth-order valence-electron chi connectivity index (χ4n) is 2.05. The molecule has 1 rings (SSSR count). The number of rotatable bonds is 9. The summed E-state index contributed by atoms with van der Waals surface area (Å²) in [7, 11) is 0. The molecule has 9 nitrogen and oxygen atoms in total. The van der Waals surface area contributed by atoms with Crippen LogP contribution in [-0.2, 0) is 14.2 Å². The highest BCUT2D eigenvalue weighted by Gasteiger charge is 2.52. The smallest absolute Gasteiger partial charge is 0.197 e. The highest BCUT2D eigenvalue weighted by Crippen LogP contribution is 2.30. The third kappa shape index (κ3) is 5.09. The maximum absolute atomic E-state index is 10.2. The summed E-state index contributed by atoms with van der Waals surface area (Å²) in [5.41, 5.74) is 5.24. The summed E-state index contributed by atoms with van der Waals surface area (Å²) in [5, 5.41) is 48.3. The summed E-state index contributed by atoms with van der Waals surface area (Å²) in [4.78, 5) is 0. The molecule has 21 heavy (non-hydrogen) atoms. The monoisotopic (exact) mass is 311 g/mol. The van der Waals surface area contributed by atoms with Gasteiger partial charge in [0.15, 0.2) is 5.79 Å². The van der Waals surface area contributed by atoms with E-state index >= 15 is 0 Å². The van der Waals surface area contributed by atoms with Crippen molar-refractivity contribution in [1.82, 2.24) is 0 Å². The van der Waals surface area contributed by atoms with Gasteiger partial charge in [-0.2, -0.15) is 0 Å². The second-order valence-electron chi connectivity index (χ2n) is 4.87. The minimum atomic E-state index is -2.09. The van der Waals surface area contributed by atoms with Gasteiger partial charge >= 0.3 is 0 Å². The van der Waals surface area contributed by atoms with Crippen molar-refractivity contribution < 1.29 is 39.7 Å². The lowest BCUT2D eigenvalue weighted by Crippen LogP contribution is -2.65. The van der Waals surface area contributed by atoms with Crippen molar-refractivity contribution in [2.45, 2.75) is 36.6 Å². The van der Waals surface area contributed by atoms with E-state index in [1.54, 1.807) is 0 Å². The first-order chi connectivity index (χ1) is 9.96. The fourth-order valence-corrected chi connectivity index (χ4v) is 2.05. The van der Waals surface area contributed by atoms with Crippen molar-refractivity contribution in [2.75, 3.05) is 39.6 Å². The number of nitrogens with two attached hydrogens (primary N) is 1. The van der Waals surface area contributed by atoms with E-state index in [2.05, 4.69) is 0 Å². The molecule has 126 valence electrons. The van der Waals surface area contributed by atoms with E-state index in [0.29, 0.717) is 19.8 Å². The molecule has 0 aromatic carbocycles. The van der Waals surface area contributed by atoms with E-state index in [0.717, 1.165) is 0 Å². The first-order valence-corrected chi connectivity index (χ1v) is 6.87. The lowest BCUT2D eigenvalue weighted by Gasteiger charge is -2.45. The largest absolute Gasteiger partial charge is 0.394 e. The molecule has 0 amide bonds. The van der Waals surface area contributed by atoms with Crippen LogP contribution in [0.25, 0.3) is 0 Å². The van der Waals surface area contributed by atoms with Crippen molar-refractivity contribution in [1.29, 1.82) is 0 Å². The van der Waals surface area contributed by atoms with E-state index < -0.39 is 36.8 Å². The van der Waals surface area contributed by atoms with Crippen molar-refractivity contribution in [3.8, 4) is 0 Å². The van der Waals surface area contributed by atoms with E-state index in [4.69, 9.17) is 25.1 Å². The molecule has 0 radical (unpaired) electrons. The van der Waals surface area contributed by atoms with E-state index in [-0.39, 0.29) is 19.6 Å². The topological polar surface area (TPSA) is 155 Å². The molecule has 0 aromatic rings. The van der Waals surface area contributed by atoms with Gasteiger partial charge in [0.05, 0.1) is 33.0 Å². The molecule has 0 aromatic heterocycles. The zero-order valence-corrected chi connectivity index (χ0v) is 11.8. The summed E-state index contributed by atoms with van der Waals surface area (Å²) in [5.74, 6) is -2.09. The van der Waals surface area contributed by atoms with Crippen molar-refractivity contribution in [3.63, 3.8) is 0 Å². The Morgan fingerprint density at radius 2 is 1.62 bits per heavy atom. The Labute approximate surface area is 122 Å². The number of hydrogen-bond acceptors (Lipinski definition) is 9. The minimum Gasteiger partial charge on any atom is -0.394 e. The number of aliphatic hydroxyl groups excluding tert-OH is 4. The first-order valence-electron chi connectivity index (χ1n) is 6.87. The summed E-state index contributed by atoms with van der Waals surface area (Å²) in [6.07, 6.45) is -6.11. The average Bonchev–Trinajstić information content (AvgIpc) is 2.48. The van der Waals surface area contributed by atoms with Crippen LogP contribution < -0.4 is 5.73 Å². The Morgan fingerprint density at radius 1 is 1.00 bits per heavy atom. The highest BCUT2D eigenvalue weighted by atomic mass is 16.7. The average molecular weight is 311 g/mol. The van der Waals surface area contributed by atoms with Gasteiger partial charge in [-0.1, -0.05) is 0 Å². The number of hydrogen-bond donors (Lipinski definition) is 6. The van der Waals surface area contributed by atoms with Gasteiger partial charge < -0.3 is 45.5 Å². The van der Waals surface area contributed by atoms with Gasteiger partial charge in [0.25, 0.3) is 0 Å². The molecule has 0 aliphatic carbocycles. The zero-order valence-electron chi connectivity index (χ0n) is 11.8. The molecular formula is C12H25NO8. The predicted octanol–water partition coefficient (Wildman–Crippen LogP) is -3.47. The van der Waals surface area contributed by atoms with E-state index in [1.807, 2.05) is 0 Å². The molecule has 0 bridgehead atoms.